The third-order valence-electron chi connectivity index (χ3n) is 5.31. The molecule has 0 bridgehead atoms. The highest BCUT2D eigenvalue weighted by Gasteiger charge is 2.54. The van der Waals surface area contributed by atoms with E-state index in [-0.39, 0.29) is 36.4 Å². The number of carbonyl (C=O) groups is 3. The molecule has 1 saturated carbocycles. The van der Waals surface area contributed by atoms with E-state index in [1.54, 1.807) is 19.9 Å². The largest absolute Gasteiger partial charge is 0.473 e. The van der Waals surface area contributed by atoms with E-state index in [4.69, 9.17) is 14.2 Å². The first-order chi connectivity index (χ1) is 11.9. The highest BCUT2D eigenvalue weighted by atomic mass is 16.6. The molecule has 6 heteroatoms. The molecule has 3 rings (SSSR count). The van der Waals surface area contributed by atoms with Crippen molar-refractivity contribution in [3.8, 4) is 0 Å². The predicted octanol–water partition coefficient (Wildman–Crippen LogP) is 2.31. The number of aldehydes is 1. The molecule has 134 valence electrons. The Balaban J connectivity index is 1.87. The monoisotopic (exact) mass is 346 g/mol. The maximum atomic E-state index is 12.0. The van der Waals surface area contributed by atoms with Gasteiger partial charge in [0.2, 0.25) is 0 Å². The van der Waals surface area contributed by atoms with Crippen molar-refractivity contribution in [1.29, 1.82) is 0 Å². The zero-order valence-corrected chi connectivity index (χ0v) is 14.4. The maximum Gasteiger partial charge on any atom is 0.334 e. The highest BCUT2D eigenvalue weighted by Crippen LogP contribution is 2.52. The van der Waals surface area contributed by atoms with Crippen LogP contribution in [0.25, 0.3) is 0 Å². The molecule has 0 radical (unpaired) electrons. The van der Waals surface area contributed by atoms with Crippen molar-refractivity contribution >= 4 is 18.2 Å². The number of carbonyl (C=O) groups excluding carboxylic acids is 3. The van der Waals surface area contributed by atoms with Gasteiger partial charge in [0.05, 0.1) is 23.9 Å². The second kappa shape index (κ2) is 6.50. The summed E-state index contributed by atoms with van der Waals surface area (Å²) in [5.74, 6) is -1.33. The summed E-state index contributed by atoms with van der Waals surface area (Å²) in [6, 6.07) is 0. The molecular formula is C19H22O6. The number of rotatable bonds is 4. The number of allylic oxidation sites excluding steroid dienone is 1. The molecule has 0 aromatic heterocycles. The summed E-state index contributed by atoms with van der Waals surface area (Å²) in [7, 11) is 0. The van der Waals surface area contributed by atoms with Gasteiger partial charge in [-0.15, -0.1) is 0 Å². The molecule has 6 nitrogen and oxygen atoms in total. The van der Waals surface area contributed by atoms with Crippen molar-refractivity contribution in [2.75, 3.05) is 6.61 Å². The van der Waals surface area contributed by atoms with Gasteiger partial charge in [-0.05, 0) is 12.5 Å². The van der Waals surface area contributed by atoms with Crippen LogP contribution in [0.5, 0.6) is 0 Å². The van der Waals surface area contributed by atoms with E-state index < -0.39 is 11.4 Å². The zero-order valence-electron chi connectivity index (χ0n) is 14.4. The summed E-state index contributed by atoms with van der Waals surface area (Å²) in [6.45, 7) is 7.40. The Morgan fingerprint density at radius 2 is 2.28 bits per heavy atom. The summed E-state index contributed by atoms with van der Waals surface area (Å²) < 4.78 is 16.1. The van der Waals surface area contributed by atoms with Gasteiger partial charge in [-0.25, -0.2) is 4.79 Å². The molecule has 2 aliphatic heterocycles. The van der Waals surface area contributed by atoms with Crippen LogP contribution in [0.4, 0.5) is 0 Å². The highest BCUT2D eigenvalue weighted by molar-refractivity contribution is 5.91. The Bertz CT molecular complexity index is 673. The third-order valence-corrected chi connectivity index (χ3v) is 5.31. The van der Waals surface area contributed by atoms with Crippen LogP contribution < -0.4 is 0 Å². The molecule has 2 heterocycles. The van der Waals surface area contributed by atoms with Crippen molar-refractivity contribution in [2.24, 2.45) is 23.2 Å². The Hall–Kier alpha value is -2.37. The van der Waals surface area contributed by atoms with E-state index in [1.807, 2.05) is 0 Å². The van der Waals surface area contributed by atoms with Gasteiger partial charge in [0.1, 0.15) is 19.0 Å². The van der Waals surface area contributed by atoms with E-state index in [2.05, 4.69) is 6.58 Å². The molecule has 4 unspecified atom stereocenters. The summed E-state index contributed by atoms with van der Waals surface area (Å²) in [4.78, 5) is 35.7. The fourth-order valence-electron chi connectivity index (χ4n) is 3.79. The van der Waals surface area contributed by atoms with Crippen LogP contribution in [0.3, 0.4) is 0 Å². The average Bonchev–Trinajstić information content (AvgIpc) is 2.76. The van der Waals surface area contributed by atoms with Gasteiger partial charge >= 0.3 is 11.9 Å². The van der Waals surface area contributed by atoms with Gasteiger partial charge in [-0.2, -0.15) is 0 Å². The predicted molar refractivity (Wildman–Crippen MR) is 87.8 cm³/mol. The molecule has 4 atom stereocenters. The summed E-state index contributed by atoms with van der Waals surface area (Å²) in [6.07, 6.45) is 6.11. The second-order valence-corrected chi connectivity index (χ2v) is 7.19. The van der Waals surface area contributed by atoms with Crippen molar-refractivity contribution in [3.05, 3.63) is 36.3 Å². The topological polar surface area (TPSA) is 78.9 Å². The van der Waals surface area contributed by atoms with Crippen LogP contribution in [0, 0.1) is 23.2 Å². The lowest BCUT2D eigenvalue weighted by Crippen LogP contribution is -2.44. The summed E-state index contributed by atoms with van der Waals surface area (Å²) >= 11 is 0. The van der Waals surface area contributed by atoms with Gasteiger partial charge in [-0.1, -0.05) is 20.4 Å². The summed E-state index contributed by atoms with van der Waals surface area (Å²) in [5, 5.41) is 0. The molecule has 2 fully saturated rings. The molecule has 1 saturated heterocycles. The minimum absolute atomic E-state index is 0.0532. The lowest BCUT2D eigenvalue weighted by molar-refractivity contribution is -0.147. The first-order valence-electron chi connectivity index (χ1n) is 8.43. The van der Waals surface area contributed by atoms with E-state index in [1.165, 1.54) is 12.5 Å². The van der Waals surface area contributed by atoms with E-state index in [9.17, 15) is 14.4 Å². The van der Waals surface area contributed by atoms with Crippen molar-refractivity contribution < 1.29 is 28.6 Å². The maximum absolute atomic E-state index is 12.0. The molecule has 0 N–H and O–H groups in total. The molecule has 0 amide bonds. The Kier molecular flexibility index (Phi) is 4.54. The molecule has 25 heavy (non-hydrogen) atoms. The normalized spacial score (nSPS) is 33.6. The van der Waals surface area contributed by atoms with Crippen molar-refractivity contribution in [1.82, 2.24) is 0 Å². The second-order valence-electron chi connectivity index (χ2n) is 7.19. The molecule has 1 aliphatic carbocycles. The fourth-order valence-corrected chi connectivity index (χ4v) is 3.79. The Morgan fingerprint density at radius 3 is 2.96 bits per heavy atom. The average molecular weight is 346 g/mol. The van der Waals surface area contributed by atoms with E-state index in [0.717, 1.165) is 11.9 Å². The zero-order chi connectivity index (χ0) is 18.2. The first kappa shape index (κ1) is 17.5. The van der Waals surface area contributed by atoms with E-state index in [0.29, 0.717) is 18.4 Å². The molecule has 0 aromatic carbocycles. The SMILES string of the molecule is C=C1C(=O)OC2CC3(C=O)C=COC=C(COC(=O)C(C)C)C3CC12. The van der Waals surface area contributed by atoms with Gasteiger partial charge in [0.25, 0.3) is 0 Å². The standard InChI is InChI=1S/C19H22O6/c1-11(2)17(21)24-9-13-8-23-5-4-19(10-20)7-16-14(6-15(13)19)12(3)18(22)25-16/h4-5,8,10-11,14-16H,3,6-7,9H2,1-2H3. The van der Waals surface area contributed by atoms with Crippen LogP contribution in [-0.2, 0) is 28.6 Å². The minimum atomic E-state index is -0.849. The molecule has 0 spiro atoms. The quantitative estimate of drug-likeness (QED) is 0.441. The number of hydrogen-bond donors (Lipinski definition) is 0. The van der Waals surface area contributed by atoms with Crippen LogP contribution in [0.15, 0.2) is 36.3 Å². The number of fused-ring (bicyclic) bond motifs is 2. The van der Waals surface area contributed by atoms with Crippen LogP contribution >= 0.6 is 0 Å². The van der Waals surface area contributed by atoms with Gasteiger partial charge in [0.15, 0.2) is 0 Å². The molecule has 0 aromatic rings. The number of hydrogen-bond acceptors (Lipinski definition) is 6. The first-order valence-corrected chi connectivity index (χ1v) is 8.43. The van der Waals surface area contributed by atoms with Crippen LogP contribution in [0.2, 0.25) is 0 Å². The molecule has 3 aliphatic rings. The number of esters is 2. The van der Waals surface area contributed by atoms with Crippen LogP contribution in [0.1, 0.15) is 26.7 Å². The smallest absolute Gasteiger partial charge is 0.334 e. The lowest BCUT2D eigenvalue weighted by Gasteiger charge is -2.42. The Labute approximate surface area is 146 Å². The van der Waals surface area contributed by atoms with E-state index >= 15 is 0 Å². The summed E-state index contributed by atoms with van der Waals surface area (Å²) in [5.41, 5.74) is 0.312. The number of ether oxygens (including phenoxy) is 3. The lowest BCUT2D eigenvalue weighted by atomic mass is 9.60. The minimum Gasteiger partial charge on any atom is -0.473 e. The Morgan fingerprint density at radius 1 is 1.52 bits per heavy atom. The van der Waals surface area contributed by atoms with Gasteiger partial charge in [-0.3, -0.25) is 4.79 Å². The molecular weight excluding hydrogens is 324 g/mol. The van der Waals surface area contributed by atoms with Crippen molar-refractivity contribution in [2.45, 2.75) is 32.8 Å². The van der Waals surface area contributed by atoms with Crippen LogP contribution in [-0.4, -0.2) is 30.9 Å². The third kappa shape index (κ3) is 3.01. The van der Waals surface area contributed by atoms with Gasteiger partial charge in [0, 0.05) is 29.4 Å². The fraction of sp³-hybridized carbons (Fsp3) is 0.526. The van der Waals surface area contributed by atoms with Crippen molar-refractivity contribution in [3.63, 3.8) is 0 Å². The van der Waals surface area contributed by atoms with Gasteiger partial charge < -0.3 is 19.0 Å².